The predicted molar refractivity (Wildman–Crippen MR) is 13.8 cm³/mol. The molecule has 2 amide bonds. The van der Waals surface area contributed by atoms with Crippen LogP contribution in [0.15, 0.2) is 0 Å². The summed E-state index contributed by atoms with van der Waals surface area (Å²) in [6.45, 7) is 0. The van der Waals surface area contributed by atoms with Gasteiger partial charge in [-0.15, -0.1) is 0 Å². The normalized spacial score (nSPS) is 4.80. The first-order valence-corrected chi connectivity index (χ1v) is 0.781. The second-order valence-corrected chi connectivity index (χ2v) is 0.402. The van der Waals surface area contributed by atoms with Gasteiger partial charge in [-0.1, -0.05) is 0 Å². The topological polar surface area (TPSA) is 69.1 Å². The van der Waals surface area contributed by atoms with Crippen LogP contribution in [0, 0.1) is 0 Å². The monoisotopic (exact) mass is 108 g/mol. The fraction of sp³-hybridized carbons (Fsp3) is 0. The molecule has 0 fully saturated rings. The maximum absolute atomic E-state index is 9.00. The van der Waals surface area contributed by atoms with Crippen molar-refractivity contribution in [3.05, 3.63) is 0 Å². The van der Waals surface area contributed by atoms with Crippen LogP contribution in [-0.2, 0) is 21.7 Å². The molecule has 4 N–H and O–H groups in total. The molecule has 0 unspecified atom stereocenters. The third-order valence-corrected chi connectivity index (χ3v) is 0. The number of carbonyl (C=O) groups excluding carboxylic acids is 1. The molecule has 0 aliphatic carbocycles. The molecule has 0 bridgehead atoms. The van der Waals surface area contributed by atoms with E-state index in [1.165, 1.54) is 0 Å². The molecule has 5 heavy (non-hydrogen) atoms. The van der Waals surface area contributed by atoms with E-state index < -0.39 is 6.03 Å². The van der Waals surface area contributed by atoms with Gasteiger partial charge < -0.3 is 11.5 Å². The van der Waals surface area contributed by atoms with E-state index in [1.807, 2.05) is 0 Å². The Morgan fingerprint density at radius 2 is 1.40 bits per heavy atom. The van der Waals surface area contributed by atoms with Crippen molar-refractivity contribution in [1.82, 2.24) is 0 Å². The average molecular weight is 108 g/mol. The maximum atomic E-state index is 9.00. The van der Waals surface area contributed by atoms with Crippen LogP contribution in [0.2, 0.25) is 0 Å². The summed E-state index contributed by atoms with van der Waals surface area (Å²) in [4.78, 5) is 9.00. The number of rotatable bonds is 0. The Balaban J connectivity index is 0. The van der Waals surface area contributed by atoms with E-state index in [0.717, 1.165) is 0 Å². The van der Waals surface area contributed by atoms with Crippen molar-refractivity contribution in [2.45, 2.75) is 0 Å². The largest absolute Gasteiger partial charge is 0.352 e. The van der Waals surface area contributed by atoms with Crippen LogP contribution in [0.4, 0.5) is 4.79 Å². The van der Waals surface area contributed by atoms with Gasteiger partial charge >= 0.3 is 6.03 Å². The number of primary amides is 2. The van der Waals surface area contributed by atoms with Gasteiger partial charge in [-0.2, -0.15) is 0 Å². The van der Waals surface area contributed by atoms with Crippen molar-refractivity contribution in [2.24, 2.45) is 11.5 Å². The van der Waals surface area contributed by atoms with Gasteiger partial charge in [0.1, 0.15) is 0 Å². The van der Waals surface area contributed by atoms with E-state index in [9.17, 15) is 0 Å². The first-order chi connectivity index (χ1) is 1.73. The Labute approximate surface area is 44.6 Å². The Hall–Kier alpha value is -0.0157. The van der Waals surface area contributed by atoms with Crippen LogP contribution in [-0.4, -0.2) is 6.03 Å². The van der Waals surface area contributed by atoms with Crippen molar-refractivity contribution < 1.29 is 26.5 Å². The molecule has 28 valence electrons. The minimum atomic E-state index is -0.833. The third kappa shape index (κ3) is 63500. The van der Waals surface area contributed by atoms with Crippen LogP contribution in [0.3, 0.4) is 0 Å². The average Bonchev–Trinajstić information content (AvgIpc) is 0.811. The standard InChI is InChI=1S/CH4N2O.Ti/c2-1(3)4;/h(H4,2,3,4);. The van der Waals surface area contributed by atoms with Gasteiger partial charge in [-0.05, 0) is 0 Å². The van der Waals surface area contributed by atoms with Crippen LogP contribution < -0.4 is 11.5 Å². The van der Waals surface area contributed by atoms with Crippen LogP contribution in [0.25, 0.3) is 0 Å². The SMILES string of the molecule is NC(N)=O.[Ti]. The molecule has 0 aliphatic rings. The number of carbonyl (C=O) groups is 1. The van der Waals surface area contributed by atoms with E-state index in [0.29, 0.717) is 0 Å². The minimum absolute atomic E-state index is 0. The second kappa shape index (κ2) is 3.98. The van der Waals surface area contributed by atoms with Crippen molar-refractivity contribution in [3.8, 4) is 0 Å². The zero-order valence-electron chi connectivity index (χ0n) is 2.56. The molecular weight excluding hydrogens is 104 g/mol. The van der Waals surface area contributed by atoms with Crippen molar-refractivity contribution in [1.29, 1.82) is 0 Å². The molecule has 0 radical (unpaired) electrons. The van der Waals surface area contributed by atoms with Crippen LogP contribution >= 0.6 is 0 Å². The molecule has 0 rings (SSSR count). The van der Waals surface area contributed by atoms with Crippen molar-refractivity contribution in [2.75, 3.05) is 0 Å². The summed E-state index contributed by atoms with van der Waals surface area (Å²) < 4.78 is 0. The number of hydrogen-bond donors (Lipinski definition) is 2. The molecule has 4 heteroatoms. The van der Waals surface area contributed by atoms with Crippen LogP contribution in [0.1, 0.15) is 0 Å². The molecule has 3 nitrogen and oxygen atoms in total. The molecular formula is CH4N2OTi. The summed E-state index contributed by atoms with van der Waals surface area (Å²) in [5.74, 6) is 0. The Kier molecular flexibility index (Phi) is 7.08. The molecule has 0 heterocycles. The van der Waals surface area contributed by atoms with Gasteiger partial charge in [0.15, 0.2) is 0 Å². The fourth-order valence-electron chi connectivity index (χ4n) is 0. The van der Waals surface area contributed by atoms with Gasteiger partial charge in [0, 0.05) is 21.7 Å². The molecule has 0 aromatic heterocycles. The fourth-order valence-corrected chi connectivity index (χ4v) is 0. The number of urea groups is 1. The molecule has 0 saturated carbocycles. The zero-order valence-corrected chi connectivity index (χ0v) is 4.12. The zero-order chi connectivity index (χ0) is 3.58. The van der Waals surface area contributed by atoms with Crippen LogP contribution in [0.5, 0.6) is 0 Å². The number of nitrogens with two attached hydrogens (primary N) is 2. The van der Waals surface area contributed by atoms with E-state index in [4.69, 9.17) is 4.79 Å². The van der Waals surface area contributed by atoms with Gasteiger partial charge in [0.2, 0.25) is 0 Å². The molecule has 0 saturated heterocycles. The summed E-state index contributed by atoms with van der Waals surface area (Å²) in [6.07, 6.45) is 0. The second-order valence-electron chi connectivity index (χ2n) is 0.402. The van der Waals surface area contributed by atoms with Gasteiger partial charge in [0.25, 0.3) is 0 Å². The number of hydrogen-bond acceptors (Lipinski definition) is 1. The maximum Gasteiger partial charge on any atom is 0.309 e. The molecule has 0 aromatic carbocycles. The Morgan fingerprint density at radius 3 is 1.40 bits per heavy atom. The summed E-state index contributed by atoms with van der Waals surface area (Å²) in [5, 5.41) is 0. The minimum Gasteiger partial charge on any atom is -0.352 e. The summed E-state index contributed by atoms with van der Waals surface area (Å²) in [5.41, 5.74) is 8.50. The van der Waals surface area contributed by atoms with E-state index >= 15 is 0 Å². The van der Waals surface area contributed by atoms with Gasteiger partial charge in [-0.3, -0.25) is 0 Å². The van der Waals surface area contributed by atoms with Gasteiger partial charge in [0.05, 0.1) is 0 Å². The quantitative estimate of drug-likeness (QED) is 0.384. The molecule has 0 atom stereocenters. The summed E-state index contributed by atoms with van der Waals surface area (Å²) in [6, 6.07) is -0.833. The number of amides is 2. The molecule has 0 aliphatic heterocycles. The smallest absolute Gasteiger partial charge is 0.309 e. The van der Waals surface area contributed by atoms with Crippen molar-refractivity contribution >= 4 is 6.03 Å². The third-order valence-electron chi connectivity index (χ3n) is 0. The first-order valence-electron chi connectivity index (χ1n) is 0.781. The predicted octanol–water partition coefficient (Wildman–Crippen LogP) is -0.979. The first kappa shape index (κ1) is 8.88. The van der Waals surface area contributed by atoms with Crippen molar-refractivity contribution in [3.63, 3.8) is 0 Å². The van der Waals surface area contributed by atoms with E-state index in [2.05, 4.69) is 11.5 Å². The Bertz CT molecular complexity index is 32.6. The summed E-state index contributed by atoms with van der Waals surface area (Å²) >= 11 is 0. The van der Waals surface area contributed by atoms with Gasteiger partial charge in [-0.25, -0.2) is 4.79 Å². The van der Waals surface area contributed by atoms with E-state index in [1.54, 1.807) is 0 Å². The molecule has 0 aromatic rings. The Morgan fingerprint density at radius 1 is 1.40 bits per heavy atom. The van der Waals surface area contributed by atoms with E-state index in [-0.39, 0.29) is 21.7 Å². The summed E-state index contributed by atoms with van der Waals surface area (Å²) in [7, 11) is 0. The molecule has 0 spiro atoms.